The summed E-state index contributed by atoms with van der Waals surface area (Å²) in [6.07, 6.45) is 1.44. The Hall–Kier alpha value is -2.20. The van der Waals surface area contributed by atoms with E-state index in [-0.39, 0.29) is 11.7 Å². The number of benzene rings is 2. The van der Waals surface area contributed by atoms with E-state index in [9.17, 15) is 9.18 Å². The molecule has 0 aliphatic carbocycles. The highest BCUT2D eigenvalue weighted by atomic mass is 19.1. The average Bonchev–Trinajstić information content (AvgIpc) is 2.50. The number of nitrogens with one attached hydrogen (secondary N) is 1. The van der Waals surface area contributed by atoms with Gasteiger partial charge in [-0.2, -0.15) is 0 Å². The second-order valence-electron chi connectivity index (χ2n) is 4.87. The molecule has 3 nitrogen and oxygen atoms in total. The fourth-order valence-corrected chi connectivity index (χ4v) is 2.11. The Balaban J connectivity index is 1.86. The molecule has 0 saturated carbocycles. The molecule has 0 radical (unpaired) electrons. The number of nitrogens with two attached hydrogens (primary N) is 1. The van der Waals surface area contributed by atoms with Crippen LogP contribution in [0.2, 0.25) is 0 Å². The van der Waals surface area contributed by atoms with Crippen LogP contribution in [-0.4, -0.2) is 19.0 Å². The van der Waals surface area contributed by atoms with Gasteiger partial charge in [-0.05, 0) is 54.8 Å². The monoisotopic (exact) mass is 286 g/mol. The predicted molar refractivity (Wildman–Crippen MR) is 81.6 cm³/mol. The number of carbonyl (C=O) groups is 1. The van der Waals surface area contributed by atoms with Gasteiger partial charge in [0.25, 0.3) is 5.91 Å². The molecule has 0 bridgehead atoms. The summed E-state index contributed by atoms with van der Waals surface area (Å²) in [5.74, 6) is -0.351. The first kappa shape index (κ1) is 15.2. The molecule has 0 unspecified atom stereocenters. The average molecular weight is 286 g/mol. The minimum absolute atomic E-state index is 0.101. The van der Waals surface area contributed by atoms with E-state index < -0.39 is 0 Å². The molecule has 2 rings (SSSR count). The van der Waals surface area contributed by atoms with Gasteiger partial charge in [-0.3, -0.25) is 4.79 Å². The van der Waals surface area contributed by atoms with Crippen LogP contribution in [0.3, 0.4) is 0 Å². The van der Waals surface area contributed by atoms with E-state index in [1.54, 1.807) is 18.2 Å². The standard InChI is InChI=1S/C17H19FN2O/c18-16-6-4-13(5-7-16)9-11-20-17(21)15-3-1-2-14(12-15)8-10-19/h1-7,12H,8-11,19H2,(H,20,21). The summed E-state index contributed by atoms with van der Waals surface area (Å²) in [6, 6.07) is 13.8. The van der Waals surface area contributed by atoms with Gasteiger partial charge in [0, 0.05) is 12.1 Å². The third kappa shape index (κ3) is 4.68. The van der Waals surface area contributed by atoms with Crippen molar-refractivity contribution < 1.29 is 9.18 Å². The van der Waals surface area contributed by atoms with Crippen molar-refractivity contribution in [2.75, 3.05) is 13.1 Å². The smallest absolute Gasteiger partial charge is 0.251 e. The quantitative estimate of drug-likeness (QED) is 0.856. The molecule has 0 aliphatic rings. The SMILES string of the molecule is NCCc1cccc(C(=O)NCCc2ccc(F)cc2)c1. The fourth-order valence-electron chi connectivity index (χ4n) is 2.11. The van der Waals surface area contributed by atoms with Crippen LogP contribution in [-0.2, 0) is 12.8 Å². The van der Waals surface area contributed by atoms with Crippen molar-refractivity contribution in [2.45, 2.75) is 12.8 Å². The van der Waals surface area contributed by atoms with Crippen LogP contribution >= 0.6 is 0 Å². The van der Waals surface area contributed by atoms with E-state index in [0.717, 1.165) is 17.5 Å². The molecule has 110 valence electrons. The minimum atomic E-state index is -0.250. The first-order chi connectivity index (χ1) is 10.2. The largest absolute Gasteiger partial charge is 0.352 e. The Bertz CT molecular complexity index is 596. The fraction of sp³-hybridized carbons (Fsp3) is 0.235. The molecule has 2 aromatic carbocycles. The third-order valence-corrected chi connectivity index (χ3v) is 3.23. The first-order valence-electron chi connectivity index (χ1n) is 7.00. The Morgan fingerprint density at radius 2 is 1.81 bits per heavy atom. The second-order valence-corrected chi connectivity index (χ2v) is 4.87. The maximum Gasteiger partial charge on any atom is 0.251 e. The van der Waals surface area contributed by atoms with Crippen LogP contribution in [0.4, 0.5) is 4.39 Å². The minimum Gasteiger partial charge on any atom is -0.352 e. The molecule has 1 amide bonds. The summed E-state index contributed by atoms with van der Waals surface area (Å²) in [7, 11) is 0. The molecule has 0 spiro atoms. The third-order valence-electron chi connectivity index (χ3n) is 3.23. The summed E-state index contributed by atoms with van der Waals surface area (Å²) in [4.78, 5) is 12.0. The van der Waals surface area contributed by atoms with E-state index in [1.165, 1.54) is 12.1 Å². The highest BCUT2D eigenvalue weighted by Gasteiger charge is 2.05. The highest BCUT2D eigenvalue weighted by molar-refractivity contribution is 5.94. The Kier molecular flexibility index (Phi) is 5.46. The van der Waals surface area contributed by atoms with Crippen LogP contribution in [0.15, 0.2) is 48.5 Å². The lowest BCUT2D eigenvalue weighted by Gasteiger charge is -2.07. The number of hydrogen-bond donors (Lipinski definition) is 2. The van der Waals surface area contributed by atoms with Gasteiger partial charge in [0.05, 0.1) is 0 Å². The van der Waals surface area contributed by atoms with E-state index in [4.69, 9.17) is 5.73 Å². The van der Waals surface area contributed by atoms with Crippen molar-refractivity contribution in [3.63, 3.8) is 0 Å². The topological polar surface area (TPSA) is 55.1 Å². The van der Waals surface area contributed by atoms with Crippen molar-refractivity contribution in [2.24, 2.45) is 5.73 Å². The van der Waals surface area contributed by atoms with Crippen LogP contribution in [0, 0.1) is 5.82 Å². The zero-order valence-electron chi connectivity index (χ0n) is 11.8. The normalized spacial score (nSPS) is 10.4. The lowest BCUT2D eigenvalue weighted by atomic mass is 10.1. The zero-order valence-corrected chi connectivity index (χ0v) is 11.8. The van der Waals surface area contributed by atoms with Gasteiger partial charge in [0.15, 0.2) is 0 Å². The molecule has 0 heterocycles. The molecular formula is C17H19FN2O. The zero-order chi connectivity index (χ0) is 15.1. The van der Waals surface area contributed by atoms with Gasteiger partial charge in [0.1, 0.15) is 5.82 Å². The predicted octanol–water partition coefficient (Wildman–Crippen LogP) is 2.30. The highest BCUT2D eigenvalue weighted by Crippen LogP contribution is 2.06. The van der Waals surface area contributed by atoms with Crippen LogP contribution in [0.1, 0.15) is 21.5 Å². The molecule has 0 fully saturated rings. The van der Waals surface area contributed by atoms with E-state index in [1.807, 2.05) is 18.2 Å². The van der Waals surface area contributed by atoms with Crippen molar-refractivity contribution in [3.05, 3.63) is 71.0 Å². The Labute approximate surface area is 124 Å². The molecule has 2 aromatic rings. The number of hydrogen-bond acceptors (Lipinski definition) is 2. The van der Waals surface area contributed by atoms with E-state index >= 15 is 0 Å². The van der Waals surface area contributed by atoms with Crippen LogP contribution < -0.4 is 11.1 Å². The second kappa shape index (κ2) is 7.55. The Morgan fingerprint density at radius 3 is 2.52 bits per heavy atom. The summed E-state index contributed by atoms with van der Waals surface area (Å²) < 4.78 is 12.8. The molecule has 0 saturated heterocycles. The van der Waals surface area contributed by atoms with Crippen molar-refractivity contribution in [3.8, 4) is 0 Å². The van der Waals surface area contributed by atoms with E-state index in [0.29, 0.717) is 25.1 Å². The molecule has 0 aliphatic heterocycles. The van der Waals surface area contributed by atoms with Gasteiger partial charge in [-0.1, -0.05) is 24.3 Å². The maximum atomic E-state index is 12.8. The molecule has 3 N–H and O–H groups in total. The molecule has 0 aromatic heterocycles. The lowest BCUT2D eigenvalue weighted by molar-refractivity contribution is 0.0954. The van der Waals surface area contributed by atoms with Gasteiger partial charge >= 0.3 is 0 Å². The number of carbonyl (C=O) groups excluding carboxylic acids is 1. The van der Waals surface area contributed by atoms with Gasteiger partial charge < -0.3 is 11.1 Å². The summed E-state index contributed by atoms with van der Waals surface area (Å²) in [6.45, 7) is 1.08. The summed E-state index contributed by atoms with van der Waals surface area (Å²) in [5, 5.41) is 2.87. The number of halogens is 1. The summed E-state index contributed by atoms with van der Waals surface area (Å²) in [5.41, 5.74) is 8.21. The lowest BCUT2D eigenvalue weighted by Crippen LogP contribution is -2.25. The van der Waals surface area contributed by atoms with Gasteiger partial charge in [-0.15, -0.1) is 0 Å². The Morgan fingerprint density at radius 1 is 1.05 bits per heavy atom. The van der Waals surface area contributed by atoms with E-state index in [2.05, 4.69) is 5.32 Å². The molecule has 21 heavy (non-hydrogen) atoms. The molecule has 4 heteroatoms. The maximum absolute atomic E-state index is 12.8. The van der Waals surface area contributed by atoms with Gasteiger partial charge in [-0.25, -0.2) is 4.39 Å². The first-order valence-corrected chi connectivity index (χ1v) is 7.00. The van der Waals surface area contributed by atoms with Crippen molar-refractivity contribution >= 4 is 5.91 Å². The number of amides is 1. The van der Waals surface area contributed by atoms with Crippen LogP contribution in [0.5, 0.6) is 0 Å². The molecule has 0 atom stereocenters. The molecular weight excluding hydrogens is 267 g/mol. The van der Waals surface area contributed by atoms with Gasteiger partial charge in [0.2, 0.25) is 0 Å². The van der Waals surface area contributed by atoms with Crippen molar-refractivity contribution in [1.82, 2.24) is 5.32 Å². The van der Waals surface area contributed by atoms with Crippen LogP contribution in [0.25, 0.3) is 0 Å². The van der Waals surface area contributed by atoms with Crippen molar-refractivity contribution in [1.29, 1.82) is 0 Å². The number of rotatable bonds is 6. The summed E-state index contributed by atoms with van der Waals surface area (Å²) >= 11 is 0.